The van der Waals surface area contributed by atoms with E-state index in [0.717, 1.165) is 15.6 Å². The summed E-state index contributed by atoms with van der Waals surface area (Å²) in [5.41, 5.74) is -0.0294. The predicted molar refractivity (Wildman–Crippen MR) is 105 cm³/mol. The van der Waals surface area contributed by atoms with Crippen molar-refractivity contribution in [3.8, 4) is 17.1 Å². The molecule has 30 heavy (non-hydrogen) atoms. The van der Waals surface area contributed by atoms with Gasteiger partial charge < -0.3 is 4.74 Å². The maximum atomic E-state index is 12.9. The van der Waals surface area contributed by atoms with Gasteiger partial charge in [0.25, 0.3) is 5.56 Å². The fourth-order valence-corrected chi connectivity index (χ4v) is 4.25. The van der Waals surface area contributed by atoms with Crippen molar-refractivity contribution in [2.45, 2.75) is 19.6 Å². The third-order valence-electron chi connectivity index (χ3n) is 4.30. The van der Waals surface area contributed by atoms with Crippen LogP contribution in [0.5, 0.6) is 5.88 Å². The van der Waals surface area contributed by atoms with E-state index in [1.807, 2.05) is 6.92 Å². The van der Waals surface area contributed by atoms with E-state index in [4.69, 9.17) is 16.3 Å². The van der Waals surface area contributed by atoms with E-state index in [2.05, 4.69) is 15.1 Å². The molecule has 0 aliphatic carbocycles. The number of hydrogen-bond donors (Lipinski definition) is 0. The molecule has 4 aromatic rings. The molecule has 0 aliphatic rings. The molecule has 0 aromatic carbocycles. The molecule has 7 nitrogen and oxygen atoms in total. The third-order valence-corrected chi connectivity index (χ3v) is 5.56. The van der Waals surface area contributed by atoms with Crippen LogP contribution in [0.1, 0.15) is 16.3 Å². The van der Waals surface area contributed by atoms with Crippen LogP contribution < -0.4 is 10.3 Å². The summed E-state index contributed by atoms with van der Waals surface area (Å²) in [6.45, 7) is 1.66. The van der Waals surface area contributed by atoms with Gasteiger partial charge in [-0.25, -0.2) is 14.6 Å². The number of hydrogen-bond acceptors (Lipinski definition) is 6. The van der Waals surface area contributed by atoms with Crippen molar-refractivity contribution in [1.29, 1.82) is 0 Å². The summed E-state index contributed by atoms with van der Waals surface area (Å²) in [6.07, 6.45) is -3.04. The van der Waals surface area contributed by atoms with Crippen LogP contribution in [-0.2, 0) is 12.7 Å². The number of aryl methyl sites for hydroxylation is 1. The normalized spacial score (nSPS) is 11.9. The van der Waals surface area contributed by atoms with Crippen LogP contribution in [0, 0.1) is 6.92 Å². The Morgan fingerprint density at radius 3 is 2.73 bits per heavy atom. The number of halogens is 4. The molecule has 0 aliphatic heterocycles. The van der Waals surface area contributed by atoms with Crippen LogP contribution in [0.4, 0.5) is 13.2 Å². The summed E-state index contributed by atoms with van der Waals surface area (Å²) in [7, 11) is 1.48. The van der Waals surface area contributed by atoms with Crippen molar-refractivity contribution in [3.63, 3.8) is 0 Å². The molecule has 4 aromatic heterocycles. The molecule has 156 valence electrons. The van der Waals surface area contributed by atoms with E-state index < -0.39 is 11.9 Å². The number of nitrogens with zero attached hydrogens (tertiary/aromatic N) is 5. The van der Waals surface area contributed by atoms with Gasteiger partial charge in [0.2, 0.25) is 5.88 Å². The number of fused-ring (bicyclic) bond motifs is 1. The molecule has 4 rings (SSSR count). The van der Waals surface area contributed by atoms with E-state index in [0.29, 0.717) is 22.1 Å². The average Bonchev–Trinajstić information content (AvgIpc) is 3.21. The molecule has 0 radical (unpaired) electrons. The van der Waals surface area contributed by atoms with Crippen molar-refractivity contribution < 1.29 is 17.9 Å². The highest BCUT2D eigenvalue weighted by atomic mass is 35.5. The van der Waals surface area contributed by atoms with Gasteiger partial charge in [0.05, 0.1) is 30.6 Å². The fraction of sp³-hybridized carbons (Fsp3) is 0.222. The largest absolute Gasteiger partial charge is 0.481 e. The Kier molecular flexibility index (Phi) is 5.02. The van der Waals surface area contributed by atoms with Crippen LogP contribution in [0.15, 0.2) is 35.3 Å². The number of rotatable bonds is 4. The van der Waals surface area contributed by atoms with Crippen molar-refractivity contribution in [1.82, 2.24) is 24.1 Å². The lowest BCUT2D eigenvalue weighted by Gasteiger charge is -2.08. The average molecular weight is 456 g/mol. The molecule has 0 atom stereocenters. The smallest absolute Gasteiger partial charge is 0.435 e. The summed E-state index contributed by atoms with van der Waals surface area (Å²) in [6, 6.07) is 5.49. The van der Waals surface area contributed by atoms with Gasteiger partial charge in [0, 0.05) is 23.2 Å². The van der Waals surface area contributed by atoms with Crippen molar-refractivity contribution in [2.75, 3.05) is 7.11 Å². The Bertz CT molecular complexity index is 1310. The molecule has 0 saturated carbocycles. The lowest BCUT2D eigenvalue weighted by atomic mass is 10.2. The van der Waals surface area contributed by atoms with Crippen molar-refractivity contribution >= 4 is 27.9 Å². The molecule has 0 unspecified atom stereocenters. The summed E-state index contributed by atoms with van der Waals surface area (Å²) in [5.74, 6) is 0.360. The summed E-state index contributed by atoms with van der Waals surface area (Å²) in [4.78, 5) is 22.7. The van der Waals surface area contributed by atoms with Crippen molar-refractivity contribution in [3.05, 3.63) is 62.2 Å². The second kappa shape index (κ2) is 7.40. The minimum absolute atomic E-state index is 0.177. The summed E-state index contributed by atoms with van der Waals surface area (Å²) < 4.78 is 46.2. The monoisotopic (exact) mass is 455 g/mol. The number of pyridine rings is 1. The zero-order valence-corrected chi connectivity index (χ0v) is 17.1. The van der Waals surface area contributed by atoms with Crippen molar-refractivity contribution in [2.24, 2.45) is 0 Å². The lowest BCUT2D eigenvalue weighted by molar-refractivity contribution is -0.141. The Labute approximate surface area is 176 Å². The van der Waals surface area contributed by atoms with Gasteiger partial charge in [-0.15, -0.1) is 11.3 Å². The summed E-state index contributed by atoms with van der Waals surface area (Å²) in [5, 5.41) is 3.27. The number of ether oxygens (including phenoxy) is 1. The molecule has 0 bridgehead atoms. The Hall–Kier alpha value is -2.92. The number of thiazole rings is 1. The SMILES string of the molecule is COc1ncccc1-c1c(C)sc2nc(Cn3nc(C(F)(F)F)cc3Cl)cc(=O)n12. The van der Waals surface area contributed by atoms with Gasteiger partial charge in [-0.1, -0.05) is 11.6 Å². The first kappa shape index (κ1) is 20.4. The molecule has 4 heterocycles. The number of aromatic nitrogens is 5. The Morgan fingerprint density at radius 1 is 1.30 bits per heavy atom. The van der Waals surface area contributed by atoms with Crippen LogP contribution in [-0.4, -0.2) is 31.3 Å². The lowest BCUT2D eigenvalue weighted by Crippen LogP contribution is -2.17. The topological polar surface area (TPSA) is 74.3 Å². The second-order valence-corrected chi connectivity index (χ2v) is 7.85. The summed E-state index contributed by atoms with van der Waals surface area (Å²) >= 11 is 7.14. The van der Waals surface area contributed by atoms with Gasteiger partial charge in [-0.05, 0) is 19.1 Å². The first-order chi connectivity index (χ1) is 14.2. The van der Waals surface area contributed by atoms with Gasteiger partial charge >= 0.3 is 6.18 Å². The van der Waals surface area contributed by atoms with Crippen LogP contribution in [0.25, 0.3) is 16.2 Å². The van der Waals surface area contributed by atoms with E-state index in [1.165, 1.54) is 28.9 Å². The number of alkyl halides is 3. The maximum Gasteiger partial charge on any atom is 0.435 e. The molecule has 0 fully saturated rings. The first-order valence-corrected chi connectivity index (χ1v) is 9.70. The predicted octanol–water partition coefficient (Wildman–Crippen LogP) is 4.05. The van der Waals surface area contributed by atoms with E-state index >= 15 is 0 Å². The molecule has 0 amide bonds. The molecule has 0 spiro atoms. The zero-order valence-electron chi connectivity index (χ0n) is 15.6. The second-order valence-electron chi connectivity index (χ2n) is 6.28. The molecule has 0 saturated heterocycles. The van der Waals surface area contributed by atoms with E-state index in [1.54, 1.807) is 18.3 Å². The minimum atomic E-state index is -4.62. The van der Waals surface area contributed by atoms with Gasteiger partial charge in [0.15, 0.2) is 10.7 Å². The van der Waals surface area contributed by atoms with Crippen LogP contribution in [0.2, 0.25) is 5.15 Å². The van der Waals surface area contributed by atoms with Gasteiger partial charge in [-0.2, -0.15) is 18.3 Å². The molecule has 12 heteroatoms. The zero-order chi connectivity index (χ0) is 21.6. The minimum Gasteiger partial charge on any atom is -0.481 e. The fourth-order valence-electron chi connectivity index (χ4n) is 3.05. The Balaban J connectivity index is 1.80. The van der Waals surface area contributed by atoms with Gasteiger partial charge in [-0.3, -0.25) is 9.20 Å². The maximum absolute atomic E-state index is 12.9. The standard InChI is InChI=1S/C18H13ClF3N5O2S/c1-9-15(11-4-3-5-23-16(11)29-2)27-14(28)6-10(24-17(27)30-9)8-26-13(19)7-12(25-26)18(20,21)22/h3-7H,8H2,1-2H3. The molecular formula is C18H13ClF3N5O2S. The molecule has 0 N–H and O–H groups in total. The quantitative estimate of drug-likeness (QED) is 0.464. The van der Waals surface area contributed by atoms with Crippen LogP contribution >= 0.6 is 22.9 Å². The molecular weight excluding hydrogens is 443 g/mol. The highest BCUT2D eigenvalue weighted by Gasteiger charge is 2.34. The van der Waals surface area contributed by atoms with E-state index in [9.17, 15) is 18.0 Å². The Morgan fingerprint density at radius 2 is 2.07 bits per heavy atom. The first-order valence-electron chi connectivity index (χ1n) is 8.51. The highest BCUT2D eigenvalue weighted by molar-refractivity contribution is 7.17. The highest BCUT2D eigenvalue weighted by Crippen LogP contribution is 2.34. The van der Waals surface area contributed by atoms with Crippen LogP contribution in [0.3, 0.4) is 0 Å². The third kappa shape index (κ3) is 3.54. The van der Waals surface area contributed by atoms with Gasteiger partial charge in [0.1, 0.15) is 5.15 Å². The number of methoxy groups -OCH3 is 1. The van der Waals surface area contributed by atoms with E-state index in [-0.39, 0.29) is 23.0 Å².